The number of halogens is 2. The normalized spacial score (nSPS) is 10.5. The van der Waals surface area contributed by atoms with Crippen LogP contribution in [-0.4, -0.2) is 15.9 Å². The molecular weight excluding hydrogens is 285 g/mol. The van der Waals surface area contributed by atoms with Crippen LogP contribution in [0.3, 0.4) is 0 Å². The van der Waals surface area contributed by atoms with E-state index in [1.165, 1.54) is 12.1 Å². The summed E-state index contributed by atoms with van der Waals surface area (Å²) >= 11 is 11.7. The van der Waals surface area contributed by atoms with Crippen LogP contribution >= 0.6 is 23.2 Å². The Hall–Kier alpha value is -1.58. The van der Waals surface area contributed by atoms with Crippen molar-refractivity contribution in [2.75, 3.05) is 0 Å². The third-order valence-corrected chi connectivity index (χ3v) is 3.18. The highest BCUT2D eigenvalue weighted by molar-refractivity contribution is 6.34. The average molecular weight is 296 g/mol. The summed E-state index contributed by atoms with van der Waals surface area (Å²) in [7, 11) is 0. The standard InChI is InChI=1S/C14H11Cl2NO2/c1-8-2-4-11(18)9(6-8)7-12(19)14-10(15)3-5-13(16)17-14/h2-6,18H,7H2,1H3. The Bertz CT molecular complexity index is 641. The van der Waals surface area contributed by atoms with E-state index in [1.54, 1.807) is 18.2 Å². The number of carbonyl (C=O) groups excluding carboxylic acids is 1. The average Bonchev–Trinajstić information content (AvgIpc) is 2.36. The maximum absolute atomic E-state index is 12.1. The molecule has 0 saturated carbocycles. The van der Waals surface area contributed by atoms with Gasteiger partial charge in [-0.15, -0.1) is 0 Å². The molecule has 5 heteroatoms. The second kappa shape index (κ2) is 5.59. The molecule has 0 radical (unpaired) electrons. The summed E-state index contributed by atoms with van der Waals surface area (Å²) in [6.07, 6.45) is 0.0283. The number of ketones is 1. The third-order valence-electron chi connectivity index (χ3n) is 2.66. The van der Waals surface area contributed by atoms with Gasteiger partial charge >= 0.3 is 0 Å². The maximum Gasteiger partial charge on any atom is 0.187 e. The second-order valence-corrected chi connectivity index (χ2v) is 4.99. The predicted octanol–water partition coefficient (Wildman–Crippen LogP) is 3.83. The molecule has 0 amide bonds. The minimum atomic E-state index is -0.284. The van der Waals surface area contributed by atoms with Crippen molar-refractivity contribution in [1.82, 2.24) is 4.98 Å². The van der Waals surface area contributed by atoms with Gasteiger partial charge in [-0.1, -0.05) is 40.9 Å². The Morgan fingerprint density at radius 3 is 2.74 bits per heavy atom. The van der Waals surface area contributed by atoms with E-state index in [9.17, 15) is 9.90 Å². The first-order chi connectivity index (χ1) is 8.97. The zero-order valence-corrected chi connectivity index (χ0v) is 11.7. The van der Waals surface area contributed by atoms with Crippen LogP contribution in [0.25, 0.3) is 0 Å². The van der Waals surface area contributed by atoms with Crippen molar-refractivity contribution < 1.29 is 9.90 Å². The number of hydrogen-bond acceptors (Lipinski definition) is 3. The first-order valence-corrected chi connectivity index (χ1v) is 6.36. The fraction of sp³-hybridized carbons (Fsp3) is 0.143. The molecule has 1 aromatic heterocycles. The monoisotopic (exact) mass is 295 g/mol. The van der Waals surface area contributed by atoms with Gasteiger partial charge in [-0.2, -0.15) is 0 Å². The molecule has 0 saturated heterocycles. The van der Waals surface area contributed by atoms with E-state index in [2.05, 4.69) is 4.98 Å². The molecule has 0 bridgehead atoms. The lowest BCUT2D eigenvalue weighted by Crippen LogP contribution is -2.07. The summed E-state index contributed by atoms with van der Waals surface area (Å²) in [5.74, 6) is -0.203. The predicted molar refractivity (Wildman–Crippen MR) is 75.1 cm³/mol. The molecular formula is C14H11Cl2NO2. The molecule has 0 unspecified atom stereocenters. The lowest BCUT2D eigenvalue weighted by Gasteiger charge is -2.06. The third kappa shape index (κ3) is 3.25. The van der Waals surface area contributed by atoms with Crippen molar-refractivity contribution >= 4 is 29.0 Å². The fourth-order valence-electron chi connectivity index (χ4n) is 1.73. The number of aromatic nitrogens is 1. The van der Waals surface area contributed by atoms with Gasteiger partial charge in [-0.05, 0) is 25.1 Å². The Balaban J connectivity index is 2.30. The highest BCUT2D eigenvalue weighted by atomic mass is 35.5. The summed E-state index contributed by atoms with van der Waals surface area (Å²) in [6, 6.07) is 8.13. The van der Waals surface area contributed by atoms with Gasteiger partial charge < -0.3 is 5.11 Å². The highest BCUT2D eigenvalue weighted by Crippen LogP contribution is 2.23. The van der Waals surface area contributed by atoms with Gasteiger partial charge in [0.2, 0.25) is 0 Å². The van der Waals surface area contributed by atoms with Gasteiger partial charge in [0.05, 0.1) is 5.02 Å². The Morgan fingerprint density at radius 2 is 2.00 bits per heavy atom. The molecule has 3 nitrogen and oxygen atoms in total. The lowest BCUT2D eigenvalue weighted by atomic mass is 10.0. The summed E-state index contributed by atoms with van der Waals surface area (Å²) in [6.45, 7) is 1.89. The molecule has 0 aliphatic carbocycles. The van der Waals surface area contributed by atoms with Crippen LogP contribution in [-0.2, 0) is 6.42 Å². The number of nitrogens with zero attached hydrogens (tertiary/aromatic N) is 1. The molecule has 0 spiro atoms. The van der Waals surface area contributed by atoms with E-state index >= 15 is 0 Å². The zero-order chi connectivity index (χ0) is 14.0. The van der Waals surface area contributed by atoms with Crippen molar-refractivity contribution in [1.29, 1.82) is 0 Å². The van der Waals surface area contributed by atoms with Gasteiger partial charge in [0.15, 0.2) is 5.78 Å². The quantitative estimate of drug-likeness (QED) is 0.692. The highest BCUT2D eigenvalue weighted by Gasteiger charge is 2.15. The number of carbonyl (C=O) groups is 1. The van der Waals surface area contributed by atoms with Crippen LogP contribution < -0.4 is 0 Å². The second-order valence-electron chi connectivity index (χ2n) is 4.20. The molecule has 2 rings (SSSR count). The number of phenols is 1. The van der Waals surface area contributed by atoms with Crippen LogP contribution in [0.2, 0.25) is 10.2 Å². The van der Waals surface area contributed by atoms with E-state index in [4.69, 9.17) is 23.2 Å². The number of aryl methyl sites for hydroxylation is 1. The fourth-order valence-corrected chi connectivity index (χ4v) is 2.08. The van der Waals surface area contributed by atoms with Gasteiger partial charge in [-0.25, -0.2) is 4.98 Å². The molecule has 0 atom stereocenters. The smallest absolute Gasteiger partial charge is 0.187 e. The zero-order valence-electron chi connectivity index (χ0n) is 10.2. The van der Waals surface area contributed by atoms with E-state index in [0.717, 1.165) is 5.56 Å². The first-order valence-electron chi connectivity index (χ1n) is 5.61. The molecule has 0 fully saturated rings. The van der Waals surface area contributed by atoms with E-state index in [0.29, 0.717) is 5.56 Å². The summed E-state index contributed by atoms with van der Waals surface area (Å²) < 4.78 is 0. The minimum absolute atomic E-state index is 0.0283. The summed E-state index contributed by atoms with van der Waals surface area (Å²) in [4.78, 5) is 16.1. The van der Waals surface area contributed by atoms with Crippen LogP contribution in [0.4, 0.5) is 0 Å². The molecule has 0 aliphatic rings. The number of phenolic OH excluding ortho intramolecular Hbond substituents is 1. The number of hydrogen-bond donors (Lipinski definition) is 1. The Morgan fingerprint density at radius 1 is 1.26 bits per heavy atom. The number of aromatic hydroxyl groups is 1. The van der Waals surface area contributed by atoms with Crippen LogP contribution in [0.5, 0.6) is 5.75 Å². The molecule has 1 aromatic carbocycles. The van der Waals surface area contributed by atoms with Crippen molar-refractivity contribution in [3.05, 3.63) is 57.3 Å². The molecule has 98 valence electrons. The van der Waals surface area contributed by atoms with Crippen LogP contribution in [0.15, 0.2) is 30.3 Å². The lowest BCUT2D eigenvalue weighted by molar-refractivity contribution is 0.0987. The number of Topliss-reactive ketones (excluding diaryl/α,β-unsaturated/α-hetero) is 1. The molecule has 1 heterocycles. The number of benzene rings is 1. The van der Waals surface area contributed by atoms with Gasteiger partial charge in [0, 0.05) is 12.0 Å². The Kier molecular flexibility index (Phi) is 4.08. The summed E-state index contributed by atoms with van der Waals surface area (Å²) in [5, 5.41) is 10.2. The number of pyridine rings is 1. The van der Waals surface area contributed by atoms with Crippen LogP contribution in [0, 0.1) is 6.92 Å². The van der Waals surface area contributed by atoms with Gasteiger partial charge in [0.25, 0.3) is 0 Å². The largest absolute Gasteiger partial charge is 0.508 e. The first kappa shape index (κ1) is 13.8. The molecule has 1 N–H and O–H groups in total. The van der Waals surface area contributed by atoms with E-state index < -0.39 is 0 Å². The SMILES string of the molecule is Cc1ccc(O)c(CC(=O)c2nc(Cl)ccc2Cl)c1. The Labute approximate surface area is 120 Å². The topological polar surface area (TPSA) is 50.2 Å². The van der Waals surface area contributed by atoms with E-state index in [-0.39, 0.29) is 33.8 Å². The minimum Gasteiger partial charge on any atom is -0.508 e. The van der Waals surface area contributed by atoms with Gasteiger partial charge in [-0.3, -0.25) is 4.79 Å². The molecule has 19 heavy (non-hydrogen) atoms. The molecule has 0 aliphatic heterocycles. The van der Waals surface area contributed by atoms with Crippen molar-refractivity contribution in [3.63, 3.8) is 0 Å². The maximum atomic E-state index is 12.1. The summed E-state index contributed by atoms with van der Waals surface area (Å²) in [5.41, 5.74) is 1.63. The van der Waals surface area contributed by atoms with E-state index in [1.807, 2.05) is 6.92 Å². The van der Waals surface area contributed by atoms with Gasteiger partial charge in [0.1, 0.15) is 16.6 Å². The van der Waals surface area contributed by atoms with Crippen molar-refractivity contribution in [3.8, 4) is 5.75 Å². The number of rotatable bonds is 3. The van der Waals surface area contributed by atoms with Crippen LogP contribution in [0.1, 0.15) is 21.6 Å². The van der Waals surface area contributed by atoms with Crippen molar-refractivity contribution in [2.45, 2.75) is 13.3 Å². The molecule has 2 aromatic rings. The van der Waals surface area contributed by atoms with Crippen molar-refractivity contribution in [2.24, 2.45) is 0 Å².